The van der Waals surface area contributed by atoms with E-state index in [9.17, 15) is 23.1 Å². The van der Waals surface area contributed by atoms with E-state index < -0.39 is 17.7 Å². The van der Waals surface area contributed by atoms with Gasteiger partial charge in [0.05, 0.1) is 5.56 Å². The number of rotatable bonds is 5. The molecule has 0 atom stereocenters. The summed E-state index contributed by atoms with van der Waals surface area (Å²) >= 11 is 0. The van der Waals surface area contributed by atoms with Gasteiger partial charge in [0.25, 0.3) is 0 Å². The fourth-order valence-corrected chi connectivity index (χ4v) is 1.67. The molecule has 0 aliphatic heterocycles. The maximum Gasteiger partial charge on any atom is 1.00 e. The molecule has 2 aromatic rings. The fraction of sp³-hybridized carbons (Fsp3) is 0.308. The number of benzene rings is 1. The Morgan fingerprint density at radius 1 is 1.23 bits per heavy atom. The summed E-state index contributed by atoms with van der Waals surface area (Å²) in [6, 6.07) is 4.36. The number of nitrogens with zero attached hydrogens (tertiary/aromatic N) is 2. The Morgan fingerprint density at radius 3 is 2.41 bits per heavy atom. The van der Waals surface area contributed by atoms with E-state index in [1.54, 1.807) is 0 Å². The number of hydrogen-bond acceptors (Lipinski definition) is 5. The Labute approximate surface area is 145 Å². The molecule has 0 bridgehead atoms. The third kappa shape index (κ3) is 5.11. The summed E-state index contributed by atoms with van der Waals surface area (Å²) in [5, 5.41) is 13.9. The largest absolute Gasteiger partial charge is 1.00 e. The molecule has 0 aliphatic rings. The summed E-state index contributed by atoms with van der Waals surface area (Å²) in [6.07, 6.45) is -3.97. The molecule has 1 aromatic carbocycles. The van der Waals surface area contributed by atoms with Crippen LogP contribution < -0.4 is 34.7 Å². The van der Waals surface area contributed by atoms with E-state index in [2.05, 4.69) is 10.1 Å². The van der Waals surface area contributed by atoms with E-state index in [-0.39, 0.29) is 60.5 Å². The van der Waals surface area contributed by atoms with Crippen LogP contribution in [0.25, 0.3) is 11.4 Å². The first kappa shape index (κ1) is 18.7. The average molecular weight is 322 g/mol. The van der Waals surface area contributed by atoms with Crippen molar-refractivity contribution in [1.29, 1.82) is 0 Å². The van der Waals surface area contributed by atoms with Crippen molar-refractivity contribution in [2.24, 2.45) is 0 Å². The Balaban J connectivity index is 0.00000242. The third-order valence-electron chi connectivity index (χ3n) is 2.71. The average Bonchev–Trinajstić information content (AvgIpc) is 2.86. The van der Waals surface area contributed by atoms with Crippen molar-refractivity contribution in [3.63, 3.8) is 0 Å². The van der Waals surface area contributed by atoms with Crippen LogP contribution in [0.2, 0.25) is 0 Å². The van der Waals surface area contributed by atoms with Gasteiger partial charge in [0.15, 0.2) is 0 Å². The van der Waals surface area contributed by atoms with Crippen LogP contribution in [0.1, 0.15) is 24.3 Å². The molecule has 0 unspecified atom stereocenters. The van der Waals surface area contributed by atoms with Crippen molar-refractivity contribution in [2.45, 2.75) is 25.4 Å². The maximum absolute atomic E-state index is 12.4. The van der Waals surface area contributed by atoms with Crippen LogP contribution in [0, 0.1) is 0 Å². The summed E-state index contributed by atoms with van der Waals surface area (Å²) < 4.78 is 42.2. The number of aryl methyl sites for hydroxylation is 1. The zero-order valence-electron chi connectivity index (χ0n) is 11.7. The second-order valence-corrected chi connectivity index (χ2v) is 4.31. The molecular weight excluding hydrogens is 312 g/mol. The first-order valence-electron chi connectivity index (χ1n) is 6.06. The Hall–Kier alpha value is -1.38. The van der Waals surface area contributed by atoms with Gasteiger partial charge in [-0.2, -0.15) is 18.2 Å². The Bertz CT molecular complexity index is 626. The minimum absolute atomic E-state index is 0. The standard InChI is InChI=1S/C13H11F3N2O3.Na/c14-13(15,16)9-6-4-8(5-7-9)12-17-10(21-18-12)2-1-3-11(19)20;/h4-7H,1-3H2,(H,19,20);/q;+1/p-1. The van der Waals surface area contributed by atoms with Crippen molar-refractivity contribution in [2.75, 3.05) is 0 Å². The van der Waals surface area contributed by atoms with Crippen LogP contribution in [0.3, 0.4) is 0 Å². The van der Waals surface area contributed by atoms with Gasteiger partial charge < -0.3 is 14.4 Å². The van der Waals surface area contributed by atoms with E-state index in [1.165, 1.54) is 12.1 Å². The second-order valence-electron chi connectivity index (χ2n) is 4.31. The summed E-state index contributed by atoms with van der Waals surface area (Å²) in [7, 11) is 0. The fourth-order valence-electron chi connectivity index (χ4n) is 1.67. The van der Waals surface area contributed by atoms with Crippen molar-refractivity contribution in [3.05, 3.63) is 35.7 Å². The first-order chi connectivity index (χ1) is 9.86. The van der Waals surface area contributed by atoms with Gasteiger partial charge in [-0.1, -0.05) is 17.3 Å². The predicted octanol–water partition coefficient (Wildman–Crippen LogP) is -1.17. The molecule has 2 rings (SSSR count). The summed E-state index contributed by atoms with van der Waals surface area (Å²) in [5.74, 6) is -0.782. The van der Waals surface area contributed by atoms with Crippen LogP contribution >= 0.6 is 0 Å². The summed E-state index contributed by atoms with van der Waals surface area (Å²) in [6.45, 7) is 0. The molecule has 0 N–H and O–H groups in total. The van der Waals surface area contributed by atoms with Gasteiger partial charge >= 0.3 is 35.7 Å². The van der Waals surface area contributed by atoms with Gasteiger partial charge in [0.1, 0.15) is 0 Å². The topological polar surface area (TPSA) is 79.0 Å². The molecule has 1 aromatic heterocycles. The minimum atomic E-state index is -4.40. The van der Waals surface area contributed by atoms with Crippen molar-refractivity contribution in [3.8, 4) is 11.4 Å². The molecule has 22 heavy (non-hydrogen) atoms. The molecule has 5 nitrogen and oxygen atoms in total. The third-order valence-corrected chi connectivity index (χ3v) is 2.71. The molecule has 1 heterocycles. The van der Waals surface area contributed by atoms with Gasteiger partial charge in [-0.05, 0) is 25.0 Å². The quantitative estimate of drug-likeness (QED) is 0.648. The molecular formula is C13H10F3N2NaO3. The molecule has 112 valence electrons. The molecule has 0 amide bonds. The van der Waals surface area contributed by atoms with E-state index in [4.69, 9.17) is 4.52 Å². The van der Waals surface area contributed by atoms with Crippen LogP contribution in [-0.4, -0.2) is 16.1 Å². The molecule has 0 saturated heterocycles. The zero-order valence-corrected chi connectivity index (χ0v) is 13.7. The molecule has 0 radical (unpaired) electrons. The predicted molar refractivity (Wildman–Crippen MR) is 62.7 cm³/mol. The number of carboxylic acids is 1. The van der Waals surface area contributed by atoms with Crippen LogP contribution in [0.4, 0.5) is 13.2 Å². The van der Waals surface area contributed by atoms with Crippen LogP contribution in [0.15, 0.2) is 28.8 Å². The maximum atomic E-state index is 12.4. The van der Waals surface area contributed by atoms with Gasteiger partial charge in [0, 0.05) is 18.0 Å². The molecule has 0 fully saturated rings. The van der Waals surface area contributed by atoms with Gasteiger partial charge in [-0.25, -0.2) is 0 Å². The van der Waals surface area contributed by atoms with Crippen molar-refractivity contribution in [1.82, 2.24) is 10.1 Å². The Morgan fingerprint density at radius 2 is 1.86 bits per heavy atom. The number of carbonyl (C=O) groups excluding carboxylic acids is 1. The van der Waals surface area contributed by atoms with Gasteiger partial charge in [-0.3, -0.25) is 0 Å². The van der Waals surface area contributed by atoms with Crippen molar-refractivity contribution < 1.29 is 57.2 Å². The summed E-state index contributed by atoms with van der Waals surface area (Å²) in [4.78, 5) is 14.3. The summed E-state index contributed by atoms with van der Waals surface area (Å²) in [5.41, 5.74) is -0.373. The first-order valence-corrected chi connectivity index (χ1v) is 6.06. The minimum Gasteiger partial charge on any atom is -0.550 e. The molecule has 0 aliphatic carbocycles. The molecule has 0 spiro atoms. The van der Waals surface area contributed by atoms with Gasteiger partial charge in [0.2, 0.25) is 11.7 Å². The molecule has 0 saturated carbocycles. The van der Waals surface area contributed by atoms with E-state index in [0.717, 1.165) is 12.1 Å². The second kappa shape index (κ2) is 7.75. The SMILES string of the molecule is O=C([O-])CCCc1nc(-c2ccc(C(F)(F)F)cc2)no1.[Na+]. The molecule has 9 heteroatoms. The normalized spacial score (nSPS) is 11.0. The number of hydrogen-bond donors (Lipinski definition) is 0. The van der Waals surface area contributed by atoms with Crippen LogP contribution in [0.5, 0.6) is 0 Å². The van der Waals surface area contributed by atoms with Crippen LogP contribution in [-0.2, 0) is 17.4 Å². The number of alkyl halides is 3. The Kier molecular flexibility index (Phi) is 6.58. The monoisotopic (exact) mass is 322 g/mol. The van der Waals surface area contributed by atoms with Gasteiger partial charge in [-0.15, -0.1) is 0 Å². The number of aliphatic carboxylic acids is 1. The number of halogens is 3. The van der Waals surface area contributed by atoms with E-state index >= 15 is 0 Å². The smallest absolute Gasteiger partial charge is 0.550 e. The number of carboxylic acid groups (broad SMARTS) is 1. The zero-order chi connectivity index (χ0) is 15.5. The number of carbonyl (C=O) groups is 1. The van der Waals surface area contributed by atoms with Crippen molar-refractivity contribution >= 4 is 5.97 Å². The van der Waals surface area contributed by atoms with E-state index in [1.807, 2.05) is 0 Å². The van der Waals surface area contributed by atoms with E-state index in [0.29, 0.717) is 5.56 Å². The number of aromatic nitrogens is 2.